The van der Waals surface area contributed by atoms with Crippen LogP contribution in [0.15, 0.2) is 52.3 Å². The third-order valence-electron chi connectivity index (χ3n) is 3.78. The molecule has 8 heteroatoms. The summed E-state index contributed by atoms with van der Waals surface area (Å²) in [5.74, 6) is -0.649. The van der Waals surface area contributed by atoms with Crippen molar-refractivity contribution in [2.24, 2.45) is 0 Å². The van der Waals surface area contributed by atoms with Crippen molar-refractivity contribution < 1.29 is 22.7 Å². The summed E-state index contributed by atoms with van der Waals surface area (Å²) >= 11 is 0. The number of sulfone groups is 1. The van der Waals surface area contributed by atoms with Gasteiger partial charge in [-0.3, -0.25) is 4.79 Å². The van der Waals surface area contributed by atoms with Gasteiger partial charge in [-0.15, -0.1) is 12.4 Å². The van der Waals surface area contributed by atoms with Crippen LogP contribution >= 0.6 is 12.4 Å². The molecule has 1 heterocycles. The summed E-state index contributed by atoms with van der Waals surface area (Å²) in [6.45, 7) is 1.52. The zero-order valence-corrected chi connectivity index (χ0v) is 14.9. The predicted molar refractivity (Wildman–Crippen MR) is 93.8 cm³/mol. The van der Waals surface area contributed by atoms with Crippen LogP contribution in [-0.4, -0.2) is 27.2 Å². The number of ether oxygens (including phenoxy) is 2. The number of carbonyl (C=O) groups excluding carboxylic acids is 1. The molecule has 6 nitrogen and oxygen atoms in total. The van der Waals surface area contributed by atoms with Gasteiger partial charge in [0.25, 0.3) is 0 Å². The number of esters is 1. The molecule has 1 aliphatic rings. The molecule has 0 saturated carbocycles. The van der Waals surface area contributed by atoms with Gasteiger partial charge < -0.3 is 14.9 Å². The first kappa shape index (κ1) is 19.0. The Morgan fingerprint density at radius 2 is 1.88 bits per heavy atom. The zero-order chi connectivity index (χ0) is 17.3. The van der Waals surface area contributed by atoms with Crippen molar-refractivity contribution in [3.63, 3.8) is 0 Å². The van der Waals surface area contributed by atoms with Crippen molar-refractivity contribution in [1.82, 2.24) is 0 Å². The number of carbonyl (C=O) groups is 1. The van der Waals surface area contributed by atoms with E-state index in [9.17, 15) is 13.2 Å². The fourth-order valence-corrected chi connectivity index (χ4v) is 4.00. The van der Waals surface area contributed by atoms with Gasteiger partial charge in [-0.05, 0) is 36.8 Å². The van der Waals surface area contributed by atoms with Crippen LogP contribution in [0.1, 0.15) is 18.4 Å². The van der Waals surface area contributed by atoms with E-state index >= 15 is 0 Å². The third kappa shape index (κ3) is 3.38. The van der Waals surface area contributed by atoms with E-state index < -0.39 is 21.7 Å². The van der Waals surface area contributed by atoms with Crippen molar-refractivity contribution in [2.75, 3.05) is 6.61 Å². The van der Waals surface area contributed by atoms with Crippen LogP contribution in [0.4, 0.5) is 0 Å². The van der Waals surface area contributed by atoms with E-state index in [4.69, 9.17) is 14.9 Å². The van der Waals surface area contributed by atoms with Gasteiger partial charge in [0.05, 0.1) is 5.92 Å². The minimum atomic E-state index is -3.71. The Kier molecular flexibility index (Phi) is 5.49. The standard InChI is InChI=1S/C17H15NO5S.ClH/c1-11(17(19)22-9-8-18)12-6-7-14-16(10-12)24(20,21)15-5-3-2-4-13(15)23-14;/h2-8,10-11,18H,9H2,1H3;1H. The number of nitrogens with one attached hydrogen (secondary N) is 1. The van der Waals surface area contributed by atoms with E-state index in [1.807, 2.05) is 0 Å². The highest BCUT2D eigenvalue weighted by molar-refractivity contribution is 7.91. The lowest BCUT2D eigenvalue weighted by molar-refractivity contribution is -0.143. The van der Waals surface area contributed by atoms with Gasteiger partial charge >= 0.3 is 5.97 Å². The molecule has 3 rings (SSSR count). The summed E-state index contributed by atoms with van der Waals surface area (Å²) in [4.78, 5) is 12.1. The fraction of sp³-hybridized carbons (Fsp3) is 0.176. The predicted octanol–water partition coefficient (Wildman–Crippen LogP) is 3.34. The lowest BCUT2D eigenvalue weighted by Gasteiger charge is -2.21. The number of fused-ring (bicyclic) bond motifs is 2. The van der Waals surface area contributed by atoms with Crippen LogP contribution < -0.4 is 4.74 Å². The lowest BCUT2D eigenvalue weighted by atomic mass is 10.0. The van der Waals surface area contributed by atoms with Crippen molar-refractivity contribution in [3.8, 4) is 11.5 Å². The highest BCUT2D eigenvalue weighted by Crippen LogP contribution is 2.43. The Morgan fingerprint density at radius 3 is 2.60 bits per heavy atom. The number of hydrogen-bond donors (Lipinski definition) is 1. The van der Waals surface area contributed by atoms with Crippen LogP contribution in [0.3, 0.4) is 0 Å². The van der Waals surface area contributed by atoms with Crippen molar-refractivity contribution >= 4 is 34.4 Å². The second kappa shape index (κ2) is 7.25. The van der Waals surface area contributed by atoms with E-state index in [0.717, 1.165) is 6.21 Å². The van der Waals surface area contributed by atoms with Crippen LogP contribution in [0.2, 0.25) is 0 Å². The molecule has 0 radical (unpaired) electrons. The molecule has 25 heavy (non-hydrogen) atoms. The Bertz CT molecular complexity index is 926. The molecule has 0 amide bonds. The minimum Gasteiger partial charge on any atom is -0.459 e. The summed E-state index contributed by atoms with van der Waals surface area (Å²) in [6.07, 6.45) is 0.979. The summed E-state index contributed by atoms with van der Waals surface area (Å²) in [7, 11) is -3.71. The zero-order valence-electron chi connectivity index (χ0n) is 13.3. The Hall–Kier alpha value is -2.38. The summed E-state index contributed by atoms with van der Waals surface area (Å²) < 4.78 is 36.1. The average molecular weight is 382 g/mol. The first-order valence-corrected chi connectivity index (χ1v) is 8.75. The molecule has 1 atom stereocenters. The minimum absolute atomic E-state index is 0. The highest BCUT2D eigenvalue weighted by atomic mass is 35.5. The van der Waals surface area contributed by atoms with E-state index in [0.29, 0.717) is 5.56 Å². The number of para-hydroxylation sites is 1. The maximum atomic E-state index is 12.8. The van der Waals surface area contributed by atoms with Gasteiger partial charge in [-0.25, -0.2) is 8.42 Å². The quantitative estimate of drug-likeness (QED) is 0.552. The maximum absolute atomic E-state index is 12.8. The van der Waals surface area contributed by atoms with E-state index in [1.165, 1.54) is 12.1 Å². The molecule has 1 N–H and O–H groups in total. The molecule has 132 valence electrons. The number of hydrogen-bond acceptors (Lipinski definition) is 6. The second-order valence-corrected chi connectivity index (χ2v) is 7.20. The van der Waals surface area contributed by atoms with Crippen LogP contribution in [0.25, 0.3) is 0 Å². The lowest BCUT2D eigenvalue weighted by Crippen LogP contribution is -2.16. The molecule has 0 aromatic heterocycles. The van der Waals surface area contributed by atoms with Crippen LogP contribution in [-0.2, 0) is 19.4 Å². The molecule has 0 bridgehead atoms. The van der Waals surface area contributed by atoms with Gasteiger partial charge in [0.2, 0.25) is 9.84 Å². The molecule has 0 spiro atoms. The van der Waals surface area contributed by atoms with Gasteiger partial charge in [0.15, 0.2) is 0 Å². The topological polar surface area (TPSA) is 93.5 Å². The normalized spacial score (nSPS) is 14.8. The fourth-order valence-electron chi connectivity index (χ4n) is 2.47. The molecule has 2 aromatic carbocycles. The SMILES string of the molecule is CC(C(=O)OCC=N)c1ccc2c(c1)S(=O)(=O)c1ccccc1O2.Cl. The molecular weight excluding hydrogens is 366 g/mol. The number of rotatable bonds is 4. The monoisotopic (exact) mass is 381 g/mol. The van der Waals surface area contributed by atoms with Gasteiger partial charge in [0, 0.05) is 6.21 Å². The largest absolute Gasteiger partial charge is 0.459 e. The number of halogens is 1. The maximum Gasteiger partial charge on any atom is 0.313 e. The second-order valence-electron chi connectivity index (χ2n) is 5.31. The Balaban J connectivity index is 0.00000225. The molecular formula is C17H16ClNO5S. The summed E-state index contributed by atoms with van der Waals surface area (Å²) in [5, 5.41) is 6.89. The molecule has 1 aliphatic heterocycles. The Morgan fingerprint density at radius 1 is 1.20 bits per heavy atom. The van der Waals surface area contributed by atoms with Gasteiger partial charge in [0.1, 0.15) is 27.9 Å². The van der Waals surface area contributed by atoms with Crippen molar-refractivity contribution in [2.45, 2.75) is 22.6 Å². The number of benzene rings is 2. The molecule has 2 aromatic rings. The van der Waals surface area contributed by atoms with E-state index in [-0.39, 0.29) is 40.3 Å². The average Bonchev–Trinajstić information content (AvgIpc) is 2.59. The molecule has 1 unspecified atom stereocenters. The van der Waals surface area contributed by atoms with Gasteiger partial charge in [-0.2, -0.15) is 0 Å². The smallest absolute Gasteiger partial charge is 0.313 e. The summed E-state index contributed by atoms with van der Waals surface area (Å²) in [5.41, 5.74) is 0.510. The third-order valence-corrected chi connectivity index (χ3v) is 5.59. The molecule has 0 aliphatic carbocycles. The molecule has 0 saturated heterocycles. The van der Waals surface area contributed by atoms with E-state index in [1.54, 1.807) is 37.3 Å². The van der Waals surface area contributed by atoms with Crippen molar-refractivity contribution in [1.29, 1.82) is 5.41 Å². The summed E-state index contributed by atoms with van der Waals surface area (Å²) in [6, 6.07) is 11.0. The highest BCUT2D eigenvalue weighted by Gasteiger charge is 2.32. The van der Waals surface area contributed by atoms with Crippen LogP contribution in [0.5, 0.6) is 11.5 Å². The van der Waals surface area contributed by atoms with Crippen LogP contribution in [0, 0.1) is 5.41 Å². The van der Waals surface area contributed by atoms with Gasteiger partial charge in [-0.1, -0.05) is 18.2 Å². The first-order chi connectivity index (χ1) is 11.4. The van der Waals surface area contributed by atoms with Crippen molar-refractivity contribution in [3.05, 3.63) is 48.0 Å². The molecule has 0 fully saturated rings. The first-order valence-electron chi connectivity index (χ1n) is 7.26. The Labute approximate surface area is 151 Å². The van der Waals surface area contributed by atoms with E-state index in [2.05, 4.69) is 0 Å².